The number of hydrogen-bond donors (Lipinski definition) is 1. The molecule has 0 unspecified atom stereocenters. The molecule has 0 fully saturated rings. The van der Waals surface area contributed by atoms with E-state index in [1.807, 2.05) is 66.7 Å². The Morgan fingerprint density at radius 2 is 1.84 bits per heavy atom. The molecule has 0 amide bonds. The van der Waals surface area contributed by atoms with E-state index >= 15 is 0 Å². The van der Waals surface area contributed by atoms with Crippen LogP contribution >= 0.6 is 0 Å². The quantitative estimate of drug-likeness (QED) is 0.551. The van der Waals surface area contributed by atoms with Gasteiger partial charge in [0.25, 0.3) is 5.95 Å². The van der Waals surface area contributed by atoms with Crippen LogP contribution in [0.2, 0.25) is 0 Å². The van der Waals surface area contributed by atoms with Crippen LogP contribution in [0, 0.1) is 0 Å². The third-order valence-corrected chi connectivity index (χ3v) is 3.36. The number of methoxy groups -OCH3 is 1. The number of nitrogens with one attached hydrogen (secondary N) is 1. The van der Waals surface area contributed by atoms with E-state index in [-0.39, 0.29) is 0 Å². The second-order valence-electron chi connectivity index (χ2n) is 5.05. The average Bonchev–Trinajstić information content (AvgIpc) is 2.69. The molecule has 6 heteroatoms. The van der Waals surface area contributed by atoms with Gasteiger partial charge in [0, 0.05) is 11.8 Å². The highest BCUT2D eigenvalue weighted by Gasteiger charge is 2.03. The van der Waals surface area contributed by atoms with Crippen LogP contribution in [0.15, 0.2) is 72.0 Å². The van der Waals surface area contributed by atoms with Crippen molar-refractivity contribution in [2.24, 2.45) is 5.10 Å². The molecule has 2 aromatic carbocycles. The second-order valence-corrected chi connectivity index (χ2v) is 5.05. The number of hydrogen-bond acceptors (Lipinski definition) is 6. The number of benzene rings is 2. The molecule has 0 atom stereocenters. The van der Waals surface area contributed by atoms with Crippen LogP contribution in [0.5, 0.6) is 5.75 Å². The van der Waals surface area contributed by atoms with Crippen LogP contribution < -0.4 is 10.2 Å². The van der Waals surface area contributed by atoms with Gasteiger partial charge >= 0.3 is 0 Å². The molecule has 1 N–H and O–H groups in total. The van der Waals surface area contributed by atoms with Gasteiger partial charge < -0.3 is 4.74 Å². The summed E-state index contributed by atoms with van der Waals surface area (Å²) in [6.07, 6.45) is 7.03. The lowest BCUT2D eigenvalue weighted by atomic mass is 10.1. The normalized spacial score (nSPS) is 11.1. The summed E-state index contributed by atoms with van der Waals surface area (Å²) in [5.74, 6) is 1.12. The Kier molecular flexibility index (Phi) is 5.45. The van der Waals surface area contributed by atoms with Crippen molar-refractivity contribution in [1.82, 2.24) is 15.2 Å². The Balaban J connectivity index is 1.63. The topological polar surface area (TPSA) is 72.3 Å². The molecule has 0 spiro atoms. The molecule has 3 aromatic rings. The van der Waals surface area contributed by atoms with Crippen molar-refractivity contribution in [2.75, 3.05) is 12.5 Å². The molecule has 0 saturated heterocycles. The van der Waals surface area contributed by atoms with Crippen LogP contribution in [-0.4, -0.2) is 28.5 Å². The highest BCUT2D eigenvalue weighted by atomic mass is 16.5. The summed E-state index contributed by atoms with van der Waals surface area (Å²) in [4.78, 5) is 4.39. The fourth-order valence-corrected chi connectivity index (χ4v) is 2.11. The minimum atomic E-state index is 0.331. The maximum absolute atomic E-state index is 5.15. The molecular formula is C19H17N5O. The molecular weight excluding hydrogens is 314 g/mol. The van der Waals surface area contributed by atoms with Crippen molar-refractivity contribution in [2.45, 2.75) is 0 Å². The Bertz CT molecular complexity index is 860. The predicted molar refractivity (Wildman–Crippen MR) is 99.4 cm³/mol. The molecule has 0 aliphatic carbocycles. The number of rotatable bonds is 6. The van der Waals surface area contributed by atoms with E-state index in [1.54, 1.807) is 19.5 Å². The van der Waals surface area contributed by atoms with Crippen LogP contribution in [0.3, 0.4) is 0 Å². The first-order valence-electron chi connectivity index (χ1n) is 7.70. The minimum absolute atomic E-state index is 0.331. The first kappa shape index (κ1) is 16.3. The van der Waals surface area contributed by atoms with Gasteiger partial charge in [0.15, 0.2) is 0 Å². The van der Waals surface area contributed by atoms with Crippen molar-refractivity contribution < 1.29 is 4.74 Å². The molecule has 6 nitrogen and oxygen atoms in total. The summed E-state index contributed by atoms with van der Waals surface area (Å²) in [5.41, 5.74) is 5.50. The van der Waals surface area contributed by atoms with Gasteiger partial charge in [0.2, 0.25) is 0 Å². The number of nitrogens with zero attached hydrogens (tertiary/aromatic N) is 4. The number of anilines is 1. The molecule has 1 aromatic heterocycles. The lowest BCUT2D eigenvalue weighted by Gasteiger charge is -2.03. The van der Waals surface area contributed by atoms with Gasteiger partial charge in [-0.05, 0) is 35.9 Å². The third kappa shape index (κ3) is 4.71. The molecule has 0 aliphatic rings. The number of ether oxygens (including phenoxy) is 1. The largest absolute Gasteiger partial charge is 0.497 e. The molecule has 0 radical (unpaired) electrons. The SMILES string of the molecule is COc1ccc(-c2cnnc(N/N=C/C=C/c3ccccc3)n2)cc1. The molecule has 3 rings (SSSR count). The number of hydrazone groups is 1. The molecule has 0 bridgehead atoms. The number of aromatic nitrogens is 3. The molecule has 0 aliphatic heterocycles. The van der Waals surface area contributed by atoms with Gasteiger partial charge in [-0.25, -0.2) is 10.4 Å². The van der Waals surface area contributed by atoms with Gasteiger partial charge in [0.1, 0.15) is 5.75 Å². The van der Waals surface area contributed by atoms with E-state index in [9.17, 15) is 0 Å². The fraction of sp³-hybridized carbons (Fsp3) is 0.0526. The molecule has 25 heavy (non-hydrogen) atoms. The molecule has 124 valence electrons. The summed E-state index contributed by atoms with van der Waals surface area (Å²) in [5, 5.41) is 11.9. The summed E-state index contributed by atoms with van der Waals surface area (Å²) in [6, 6.07) is 17.6. The first-order valence-corrected chi connectivity index (χ1v) is 7.70. The Morgan fingerprint density at radius 3 is 2.60 bits per heavy atom. The van der Waals surface area contributed by atoms with Gasteiger partial charge in [-0.2, -0.15) is 10.2 Å². The van der Waals surface area contributed by atoms with Gasteiger partial charge in [-0.15, -0.1) is 5.10 Å². The van der Waals surface area contributed by atoms with E-state index < -0.39 is 0 Å². The van der Waals surface area contributed by atoms with Crippen LogP contribution in [0.1, 0.15) is 5.56 Å². The van der Waals surface area contributed by atoms with Crippen molar-refractivity contribution in [3.63, 3.8) is 0 Å². The van der Waals surface area contributed by atoms with E-state index in [0.717, 1.165) is 16.9 Å². The number of allylic oxidation sites excluding steroid dienone is 1. The van der Waals surface area contributed by atoms with Gasteiger partial charge in [-0.1, -0.05) is 36.4 Å². The van der Waals surface area contributed by atoms with Crippen molar-refractivity contribution in [1.29, 1.82) is 0 Å². The standard InChI is InChI=1S/C19H17N5O/c1-25-17-11-9-16(10-12-17)18-14-21-24-19(22-18)23-20-13-5-8-15-6-3-2-4-7-15/h2-14H,1H3,(H,22,23,24)/b8-5+,20-13+. The van der Waals surface area contributed by atoms with Crippen LogP contribution in [0.4, 0.5) is 5.95 Å². The monoisotopic (exact) mass is 331 g/mol. The van der Waals surface area contributed by atoms with Crippen molar-refractivity contribution >= 4 is 18.2 Å². The molecule has 0 saturated carbocycles. The second kappa shape index (κ2) is 8.35. The van der Waals surface area contributed by atoms with E-state index in [2.05, 4.69) is 25.7 Å². The van der Waals surface area contributed by atoms with E-state index in [0.29, 0.717) is 11.6 Å². The zero-order valence-corrected chi connectivity index (χ0v) is 13.7. The highest BCUT2D eigenvalue weighted by molar-refractivity contribution is 5.78. The van der Waals surface area contributed by atoms with Crippen LogP contribution in [0.25, 0.3) is 17.3 Å². The summed E-state index contributed by atoms with van der Waals surface area (Å²) in [7, 11) is 1.63. The third-order valence-electron chi connectivity index (χ3n) is 3.36. The maximum Gasteiger partial charge on any atom is 0.263 e. The van der Waals surface area contributed by atoms with Crippen molar-refractivity contribution in [3.05, 3.63) is 72.4 Å². The van der Waals surface area contributed by atoms with E-state index in [4.69, 9.17) is 4.74 Å². The zero-order chi connectivity index (χ0) is 17.3. The molecule has 1 heterocycles. The summed E-state index contributed by atoms with van der Waals surface area (Å²) >= 11 is 0. The Morgan fingerprint density at radius 1 is 1.04 bits per heavy atom. The summed E-state index contributed by atoms with van der Waals surface area (Å²) < 4.78 is 5.15. The predicted octanol–water partition coefficient (Wildman–Crippen LogP) is 3.66. The zero-order valence-electron chi connectivity index (χ0n) is 13.7. The first-order chi connectivity index (χ1) is 12.3. The Hall–Kier alpha value is -3.54. The van der Waals surface area contributed by atoms with Crippen LogP contribution in [-0.2, 0) is 0 Å². The fourth-order valence-electron chi connectivity index (χ4n) is 2.11. The smallest absolute Gasteiger partial charge is 0.263 e. The van der Waals surface area contributed by atoms with Gasteiger partial charge in [-0.3, -0.25) is 0 Å². The highest BCUT2D eigenvalue weighted by Crippen LogP contribution is 2.20. The lowest BCUT2D eigenvalue weighted by Crippen LogP contribution is -1.99. The maximum atomic E-state index is 5.15. The summed E-state index contributed by atoms with van der Waals surface area (Å²) in [6.45, 7) is 0. The lowest BCUT2D eigenvalue weighted by molar-refractivity contribution is 0.415. The van der Waals surface area contributed by atoms with E-state index in [1.165, 1.54) is 0 Å². The van der Waals surface area contributed by atoms with Crippen molar-refractivity contribution in [3.8, 4) is 17.0 Å². The minimum Gasteiger partial charge on any atom is -0.497 e. The average molecular weight is 331 g/mol. The van der Waals surface area contributed by atoms with Gasteiger partial charge in [0.05, 0.1) is 19.0 Å². The Labute approximate surface area is 145 Å².